The summed E-state index contributed by atoms with van der Waals surface area (Å²) in [5.74, 6) is 1.71. The predicted octanol–water partition coefficient (Wildman–Crippen LogP) is 2.57. The molecule has 0 radical (unpaired) electrons. The molecule has 1 saturated carbocycles. The summed E-state index contributed by atoms with van der Waals surface area (Å²) >= 11 is 0. The van der Waals surface area contributed by atoms with Gasteiger partial charge in [0.2, 0.25) is 0 Å². The Morgan fingerprint density at radius 1 is 1.28 bits per heavy atom. The SMILES string of the molecule is Cc1ccc(C(=O)N2CC3CCCC3C2)cc1O. The first-order chi connectivity index (χ1) is 8.65. The van der Waals surface area contributed by atoms with E-state index in [9.17, 15) is 9.90 Å². The number of rotatable bonds is 1. The Kier molecular flexibility index (Phi) is 2.77. The molecule has 3 rings (SSSR count). The molecule has 2 unspecified atom stereocenters. The molecule has 1 N–H and O–H groups in total. The van der Waals surface area contributed by atoms with Crippen molar-refractivity contribution in [2.24, 2.45) is 11.8 Å². The lowest BCUT2D eigenvalue weighted by molar-refractivity contribution is 0.0780. The number of hydrogen-bond donors (Lipinski definition) is 1. The molecule has 2 aliphatic rings. The van der Waals surface area contributed by atoms with Crippen molar-refractivity contribution in [2.75, 3.05) is 13.1 Å². The molecule has 3 nitrogen and oxygen atoms in total. The first-order valence-electron chi connectivity index (χ1n) is 6.74. The molecule has 1 heterocycles. The van der Waals surface area contributed by atoms with E-state index >= 15 is 0 Å². The van der Waals surface area contributed by atoms with Crippen LogP contribution in [0.15, 0.2) is 18.2 Å². The molecule has 1 aromatic rings. The standard InChI is InChI=1S/C15H19NO2/c1-10-5-6-11(7-14(10)17)15(18)16-8-12-3-2-4-13(12)9-16/h5-7,12-13,17H,2-4,8-9H2,1H3. The molecule has 18 heavy (non-hydrogen) atoms. The van der Waals surface area contributed by atoms with Gasteiger partial charge in [-0.15, -0.1) is 0 Å². The van der Waals surface area contributed by atoms with Gasteiger partial charge in [-0.3, -0.25) is 4.79 Å². The lowest BCUT2D eigenvalue weighted by Crippen LogP contribution is -2.29. The van der Waals surface area contributed by atoms with Gasteiger partial charge in [-0.1, -0.05) is 12.5 Å². The Bertz CT molecular complexity index is 471. The first-order valence-corrected chi connectivity index (χ1v) is 6.74. The third-order valence-corrected chi connectivity index (χ3v) is 4.47. The molecule has 0 bridgehead atoms. The number of aromatic hydroxyl groups is 1. The molecule has 1 aliphatic heterocycles. The van der Waals surface area contributed by atoms with Crippen LogP contribution in [0.3, 0.4) is 0 Å². The molecule has 3 heteroatoms. The molecule has 0 aromatic heterocycles. The van der Waals surface area contributed by atoms with Gasteiger partial charge in [-0.25, -0.2) is 0 Å². The third-order valence-electron chi connectivity index (χ3n) is 4.47. The van der Waals surface area contributed by atoms with E-state index < -0.39 is 0 Å². The van der Waals surface area contributed by atoms with Crippen molar-refractivity contribution >= 4 is 5.91 Å². The van der Waals surface area contributed by atoms with Gasteiger partial charge in [0.1, 0.15) is 5.75 Å². The Morgan fingerprint density at radius 2 is 1.94 bits per heavy atom. The number of hydrogen-bond acceptors (Lipinski definition) is 2. The molecule has 1 aliphatic carbocycles. The maximum absolute atomic E-state index is 12.4. The Labute approximate surface area is 107 Å². The zero-order valence-corrected chi connectivity index (χ0v) is 10.7. The number of aryl methyl sites for hydroxylation is 1. The molecule has 0 spiro atoms. The van der Waals surface area contributed by atoms with Crippen LogP contribution < -0.4 is 0 Å². The highest BCUT2D eigenvalue weighted by molar-refractivity contribution is 5.95. The Morgan fingerprint density at radius 3 is 2.56 bits per heavy atom. The van der Waals surface area contributed by atoms with E-state index in [0.717, 1.165) is 18.7 Å². The minimum Gasteiger partial charge on any atom is -0.508 e. The van der Waals surface area contributed by atoms with Gasteiger partial charge in [-0.2, -0.15) is 0 Å². The van der Waals surface area contributed by atoms with Crippen LogP contribution in [0.2, 0.25) is 0 Å². The first kappa shape index (κ1) is 11.6. The summed E-state index contributed by atoms with van der Waals surface area (Å²) in [6, 6.07) is 5.21. The predicted molar refractivity (Wildman–Crippen MR) is 69.6 cm³/mol. The number of phenolic OH excluding ortho intramolecular Hbond substituents is 1. The average Bonchev–Trinajstić information content (AvgIpc) is 2.92. The van der Waals surface area contributed by atoms with Gasteiger partial charge >= 0.3 is 0 Å². The number of amides is 1. The molecule has 96 valence electrons. The summed E-state index contributed by atoms with van der Waals surface area (Å²) in [5.41, 5.74) is 1.42. The fraction of sp³-hybridized carbons (Fsp3) is 0.533. The van der Waals surface area contributed by atoms with Gasteiger partial charge < -0.3 is 10.0 Å². The van der Waals surface area contributed by atoms with E-state index in [1.54, 1.807) is 12.1 Å². The molecule has 2 atom stereocenters. The topological polar surface area (TPSA) is 40.5 Å². The largest absolute Gasteiger partial charge is 0.508 e. The average molecular weight is 245 g/mol. The van der Waals surface area contributed by atoms with E-state index in [1.807, 2.05) is 17.9 Å². The highest BCUT2D eigenvalue weighted by atomic mass is 16.3. The van der Waals surface area contributed by atoms with Crippen LogP contribution in [0.5, 0.6) is 5.75 Å². The van der Waals surface area contributed by atoms with Crippen LogP contribution in [-0.2, 0) is 0 Å². The fourth-order valence-corrected chi connectivity index (χ4v) is 3.33. The van der Waals surface area contributed by atoms with Gasteiger partial charge in [0.15, 0.2) is 0 Å². The minimum atomic E-state index is 0.0692. The summed E-state index contributed by atoms with van der Waals surface area (Å²) in [6.45, 7) is 3.64. The number of fused-ring (bicyclic) bond motifs is 1. The minimum absolute atomic E-state index is 0.0692. The van der Waals surface area contributed by atoms with Gasteiger partial charge in [-0.05, 0) is 49.3 Å². The van der Waals surface area contributed by atoms with Crippen molar-refractivity contribution < 1.29 is 9.90 Å². The van der Waals surface area contributed by atoms with E-state index in [4.69, 9.17) is 0 Å². The van der Waals surface area contributed by atoms with E-state index in [-0.39, 0.29) is 11.7 Å². The van der Waals surface area contributed by atoms with Crippen molar-refractivity contribution in [2.45, 2.75) is 26.2 Å². The van der Waals surface area contributed by atoms with Crippen LogP contribution in [0, 0.1) is 18.8 Å². The van der Waals surface area contributed by atoms with Crippen molar-refractivity contribution in [1.29, 1.82) is 0 Å². The highest BCUT2D eigenvalue weighted by Gasteiger charge is 2.38. The molecule has 2 fully saturated rings. The number of carbonyl (C=O) groups excluding carboxylic acids is 1. The second-order valence-electron chi connectivity index (χ2n) is 5.66. The zero-order valence-electron chi connectivity index (χ0n) is 10.7. The van der Waals surface area contributed by atoms with Crippen LogP contribution in [0.25, 0.3) is 0 Å². The summed E-state index contributed by atoms with van der Waals surface area (Å²) in [5, 5.41) is 9.68. The lowest BCUT2D eigenvalue weighted by Gasteiger charge is -2.17. The van der Waals surface area contributed by atoms with Gasteiger partial charge in [0.25, 0.3) is 5.91 Å². The van der Waals surface area contributed by atoms with Crippen LogP contribution in [0.1, 0.15) is 35.2 Å². The van der Waals surface area contributed by atoms with Crippen molar-refractivity contribution in [3.05, 3.63) is 29.3 Å². The normalized spacial score (nSPS) is 26.4. The van der Waals surface area contributed by atoms with Gasteiger partial charge in [0.05, 0.1) is 0 Å². The quantitative estimate of drug-likeness (QED) is 0.826. The molecular weight excluding hydrogens is 226 g/mol. The van der Waals surface area contributed by atoms with Crippen LogP contribution >= 0.6 is 0 Å². The van der Waals surface area contributed by atoms with Crippen molar-refractivity contribution in [3.8, 4) is 5.75 Å². The molecular formula is C15H19NO2. The summed E-state index contributed by atoms with van der Waals surface area (Å²) in [4.78, 5) is 14.3. The van der Waals surface area contributed by atoms with E-state index in [0.29, 0.717) is 17.4 Å². The van der Waals surface area contributed by atoms with Crippen LogP contribution in [-0.4, -0.2) is 29.0 Å². The number of phenols is 1. The van der Waals surface area contributed by atoms with E-state index in [2.05, 4.69) is 0 Å². The van der Waals surface area contributed by atoms with Gasteiger partial charge in [0, 0.05) is 18.7 Å². The van der Waals surface area contributed by atoms with Crippen molar-refractivity contribution in [1.82, 2.24) is 4.90 Å². The maximum atomic E-state index is 12.4. The smallest absolute Gasteiger partial charge is 0.254 e. The molecule has 1 aromatic carbocycles. The number of nitrogens with zero attached hydrogens (tertiary/aromatic N) is 1. The fourth-order valence-electron chi connectivity index (χ4n) is 3.33. The zero-order chi connectivity index (χ0) is 12.7. The Balaban J connectivity index is 1.77. The molecule has 1 amide bonds. The number of carbonyl (C=O) groups is 1. The van der Waals surface area contributed by atoms with E-state index in [1.165, 1.54) is 19.3 Å². The molecule has 1 saturated heterocycles. The summed E-state index contributed by atoms with van der Waals surface area (Å²) in [6.07, 6.45) is 3.86. The maximum Gasteiger partial charge on any atom is 0.254 e. The monoisotopic (exact) mass is 245 g/mol. The Hall–Kier alpha value is -1.51. The second-order valence-corrected chi connectivity index (χ2v) is 5.66. The highest BCUT2D eigenvalue weighted by Crippen LogP contribution is 2.38. The van der Waals surface area contributed by atoms with Crippen molar-refractivity contribution in [3.63, 3.8) is 0 Å². The second kappa shape index (κ2) is 4.30. The number of benzene rings is 1. The summed E-state index contributed by atoms with van der Waals surface area (Å²) in [7, 11) is 0. The third kappa shape index (κ3) is 1.88. The van der Waals surface area contributed by atoms with Crippen LogP contribution in [0.4, 0.5) is 0 Å². The summed E-state index contributed by atoms with van der Waals surface area (Å²) < 4.78 is 0. The number of likely N-dealkylation sites (tertiary alicyclic amines) is 1. The lowest BCUT2D eigenvalue weighted by atomic mass is 10.0.